The predicted octanol–water partition coefficient (Wildman–Crippen LogP) is 3.34. The second kappa shape index (κ2) is 5.33. The first-order valence-electron chi connectivity index (χ1n) is 5.12. The second-order valence-electron chi connectivity index (χ2n) is 3.65. The van der Waals surface area contributed by atoms with Crippen molar-refractivity contribution in [2.45, 2.75) is 6.92 Å². The quantitative estimate of drug-likeness (QED) is 0.859. The number of aryl methyl sites for hydroxylation is 1. The van der Waals surface area contributed by atoms with Crippen molar-refractivity contribution in [3.05, 3.63) is 51.9 Å². The molecule has 92 valence electrons. The van der Waals surface area contributed by atoms with Crippen molar-refractivity contribution in [1.29, 1.82) is 0 Å². The van der Waals surface area contributed by atoms with E-state index in [0.29, 0.717) is 5.56 Å². The van der Waals surface area contributed by atoms with Crippen LogP contribution in [0.25, 0.3) is 0 Å². The van der Waals surface area contributed by atoms with Crippen LogP contribution in [0.4, 0.5) is 5.82 Å². The lowest BCUT2D eigenvalue weighted by molar-refractivity contribution is 0.102. The highest BCUT2D eigenvalue weighted by Crippen LogP contribution is 2.25. The maximum Gasteiger partial charge on any atom is 0.256 e. The van der Waals surface area contributed by atoms with E-state index in [0.717, 1.165) is 5.56 Å². The molecule has 0 radical (unpaired) electrons. The largest absolute Gasteiger partial charge is 0.305 e. The molecule has 1 heterocycles. The molecule has 6 heteroatoms. The number of carbonyl (C=O) groups is 1. The van der Waals surface area contributed by atoms with Gasteiger partial charge in [-0.05, 0) is 19.1 Å². The monoisotopic (exact) mass is 281 g/mol. The first kappa shape index (κ1) is 12.8. The molecule has 0 unspecified atom stereocenters. The van der Waals surface area contributed by atoms with Crippen molar-refractivity contribution in [2.75, 3.05) is 5.32 Å². The molecule has 0 spiro atoms. The number of rotatable bonds is 2. The van der Waals surface area contributed by atoms with Gasteiger partial charge in [0.2, 0.25) is 0 Å². The average Bonchev–Trinajstić information content (AvgIpc) is 2.35. The van der Waals surface area contributed by atoms with Gasteiger partial charge in [-0.15, -0.1) is 0 Å². The molecule has 0 aliphatic carbocycles. The van der Waals surface area contributed by atoms with Gasteiger partial charge in [0.25, 0.3) is 5.91 Å². The van der Waals surface area contributed by atoms with E-state index in [1.54, 1.807) is 18.2 Å². The van der Waals surface area contributed by atoms with E-state index < -0.39 is 0 Å². The highest BCUT2D eigenvalue weighted by molar-refractivity contribution is 6.43. The highest BCUT2D eigenvalue weighted by atomic mass is 35.5. The maximum absolute atomic E-state index is 12.0. The van der Waals surface area contributed by atoms with Gasteiger partial charge in [0.15, 0.2) is 11.0 Å². The number of anilines is 1. The van der Waals surface area contributed by atoms with Gasteiger partial charge in [0, 0.05) is 5.56 Å². The topological polar surface area (TPSA) is 54.9 Å². The Morgan fingerprint density at radius 2 is 2.06 bits per heavy atom. The van der Waals surface area contributed by atoms with Crippen LogP contribution in [0.5, 0.6) is 0 Å². The van der Waals surface area contributed by atoms with Crippen LogP contribution < -0.4 is 5.32 Å². The van der Waals surface area contributed by atoms with Crippen LogP contribution in [-0.4, -0.2) is 15.9 Å². The average molecular weight is 282 g/mol. The Labute approximate surface area is 114 Å². The van der Waals surface area contributed by atoms with E-state index in [1.165, 1.54) is 6.33 Å². The number of carbonyl (C=O) groups excluding carboxylic acids is 1. The Hall–Kier alpha value is -1.65. The minimum Gasteiger partial charge on any atom is -0.305 e. The third-order valence-electron chi connectivity index (χ3n) is 2.26. The number of nitrogens with zero attached hydrogens (tertiary/aromatic N) is 2. The first-order chi connectivity index (χ1) is 8.58. The number of aromatic nitrogens is 2. The van der Waals surface area contributed by atoms with Crippen LogP contribution in [0, 0.1) is 6.92 Å². The fourth-order valence-electron chi connectivity index (χ4n) is 1.40. The maximum atomic E-state index is 12.0. The van der Waals surface area contributed by atoms with E-state index in [1.807, 2.05) is 13.0 Å². The zero-order valence-electron chi connectivity index (χ0n) is 9.45. The van der Waals surface area contributed by atoms with Crippen molar-refractivity contribution in [2.24, 2.45) is 0 Å². The molecular weight excluding hydrogens is 273 g/mol. The van der Waals surface area contributed by atoms with Crippen molar-refractivity contribution in [3.8, 4) is 0 Å². The van der Waals surface area contributed by atoms with E-state index in [4.69, 9.17) is 23.2 Å². The Bertz CT molecular complexity index is 602. The van der Waals surface area contributed by atoms with E-state index >= 15 is 0 Å². The van der Waals surface area contributed by atoms with Crippen molar-refractivity contribution in [3.63, 3.8) is 0 Å². The summed E-state index contributed by atoms with van der Waals surface area (Å²) in [5.41, 5.74) is 1.52. The van der Waals surface area contributed by atoms with E-state index in [-0.39, 0.29) is 21.9 Å². The molecule has 0 bridgehead atoms. The Morgan fingerprint density at radius 3 is 2.78 bits per heavy atom. The summed E-state index contributed by atoms with van der Waals surface area (Å²) in [5, 5.41) is 2.82. The van der Waals surface area contributed by atoms with Crippen LogP contribution in [0.2, 0.25) is 10.2 Å². The van der Waals surface area contributed by atoms with E-state index in [9.17, 15) is 4.79 Å². The molecular formula is C12H9Cl2N3O. The number of nitrogens with one attached hydrogen (secondary N) is 1. The molecule has 1 aromatic heterocycles. The van der Waals surface area contributed by atoms with Crippen LogP contribution >= 0.6 is 23.2 Å². The second-order valence-corrected chi connectivity index (χ2v) is 4.39. The summed E-state index contributed by atoms with van der Waals surface area (Å²) in [6.45, 7) is 1.91. The standard InChI is InChI=1S/C12H9Cl2N3O/c1-7-3-2-4-8(5-7)12(18)17-11-9(13)10(14)15-6-16-11/h2-6H,1H3,(H,15,16,17,18). The summed E-state index contributed by atoms with van der Waals surface area (Å²) in [4.78, 5) is 19.5. The fourth-order valence-corrected chi connectivity index (χ4v) is 1.68. The third kappa shape index (κ3) is 2.78. The zero-order valence-corrected chi connectivity index (χ0v) is 11.0. The van der Waals surface area contributed by atoms with Gasteiger partial charge in [-0.3, -0.25) is 4.79 Å². The summed E-state index contributed by atoms with van der Waals surface area (Å²) in [7, 11) is 0. The molecule has 0 aliphatic heterocycles. The molecule has 0 aliphatic rings. The summed E-state index contributed by atoms with van der Waals surface area (Å²) >= 11 is 11.6. The van der Waals surface area contributed by atoms with E-state index in [2.05, 4.69) is 15.3 Å². The van der Waals surface area contributed by atoms with Gasteiger partial charge in [-0.25, -0.2) is 9.97 Å². The molecule has 0 saturated carbocycles. The van der Waals surface area contributed by atoms with Gasteiger partial charge in [-0.2, -0.15) is 0 Å². The summed E-state index contributed by atoms with van der Waals surface area (Å²) < 4.78 is 0. The lowest BCUT2D eigenvalue weighted by atomic mass is 10.1. The summed E-state index contributed by atoms with van der Waals surface area (Å²) in [5.74, 6) is -0.0986. The van der Waals surface area contributed by atoms with Gasteiger partial charge in [0.1, 0.15) is 11.3 Å². The molecule has 18 heavy (non-hydrogen) atoms. The van der Waals surface area contributed by atoms with Crippen LogP contribution in [0.3, 0.4) is 0 Å². The minimum absolute atomic E-state index is 0.103. The van der Waals surface area contributed by atoms with Crippen LogP contribution in [-0.2, 0) is 0 Å². The van der Waals surface area contributed by atoms with Gasteiger partial charge in [0.05, 0.1) is 0 Å². The Kier molecular flexibility index (Phi) is 3.79. The number of hydrogen-bond donors (Lipinski definition) is 1. The predicted molar refractivity (Wildman–Crippen MR) is 71.2 cm³/mol. The lowest BCUT2D eigenvalue weighted by Crippen LogP contribution is -2.13. The highest BCUT2D eigenvalue weighted by Gasteiger charge is 2.12. The molecule has 1 amide bonds. The molecule has 0 atom stereocenters. The van der Waals surface area contributed by atoms with Crippen molar-refractivity contribution in [1.82, 2.24) is 9.97 Å². The Morgan fingerprint density at radius 1 is 1.28 bits per heavy atom. The summed E-state index contributed by atoms with van der Waals surface area (Å²) in [6.07, 6.45) is 1.24. The molecule has 4 nitrogen and oxygen atoms in total. The molecule has 0 saturated heterocycles. The SMILES string of the molecule is Cc1cccc(C(=O)Nc2ncnc(Cl)c2Cl)c1. The lowest BCUT2D eigenvalue weighted by Gasteiger charge is -2.06. The van der Waals surface area contributed by atoms with Gasteiger partial charge >= 0.3 is 0 Å². The zero-order chi connectivity index (χ0) is 13.1. The fraction of sp³-hybridized carbons (Fsp3) is 0.0833. The van der Waals surface area contributed by atoms with Gasteiger partial charge in [-0.1, -0.05) is 40.9 Å². The van der Waals surface area contributed by atoms with Crippen LogP contribution in [0.15, 0.2) is 30.6 Å². The normalized spacial score (nSPS) is 10.2. The molecule has 2 aromatic rings. The van der Waals surface area contributed by atoms with Crippen LogP contribution in [0.1, 0.15) is 15.9 Å². The third-order valence-corrected chi connectivity index (χ3v) is 3.00. The molecule has 1 aromatic carbocycles. The number of halogens is 2. The number of hydrogen-bond acceptors (Lipinski definition) is 3. The van der Waals surface area contributed by atoms with Crippen molar-refractivity contribution >= 4 is 34.9 Å². The number of amides is 1. The first-order valence-corrected chi connectivity index (χ1v) is 5.87. The smallest absolute Gasteiger partial charge is 0.256 e. The molecule has 0 fully saturated rings. The Balaban J connectivity index is 2.24. The summed E-state index contributed by atoms with van der Waals surface area (Å²) in [6, 6.07) is 7.19. The van der Waals surface area contributed by atoms with Crippen molar-refractivity contribution < 1.29 is 4.79 Å². The molecule has 1 N–H and O–H groups in total. The minimum atomic E-state index is -0.296. The molecule has 2 rings (SSSR count). The number of benzene rings is 1. The van der Waals surface area contributed by atoms with Gasteiger partial charge < -0.3 is 5.32 Å².